The van der Waals surface area contributed by atoms with Gasteiger partial charge in [0.05, 0.1) is 18.1 Å². The van der Waals surface area contributed by atoms with Crippen molar-refractivity contribution >= 4 is 23.4 Å². The third-order valence-corrected chi connectivity index (χ3v) is 2.70. The van der Waals surface area contributed by atoms with Crippen molar-refractivity contribution in [3.05, 3.63) is 48.5 Å². The summed E-state index contributed by atoms with van der Waals surface area (Å²) in [6.07, 6.45) is 4.20. The number of aryl methyl sites for hydroxylation is 1. The molecular formula is C14H14N4O3. The van der Waals surface area contributed by atoms with E-state index in [0.29, 0.717) is 11.4 Å². The van der Waals surface area contributed by atoms with E-state index in [1.54, 1.807) is 12.1 Å². The number of urea groups is 1. The highest BCUT2D eigenvalue weighted by Crippen LogP contribution is 2.16. The number of carbonyl (C=O) groups excluding carboxylic acids is 1. The summed E-state index contributed by atoms with van der Waals surface area (Å²) in [5, 5.41) is 11.5. The van der Waals surface area contributed by atoms with Crippen molar-refractivity contribution in [1.82, 2.24) is 9.97 Å². The van der Waals surface area contributed by atoms with Gasteiger partial charge in [0.25, 0.3) is 0 Å². The number of aliphatic carboxylic acids is 1. The molecule has 0 saturated carbocycles. The summed E-state index contributed by atoms with van der Waals surface area (Å²) in [6.45, 7) is 1.47. The van der Waals surface area contributed by atoms with Crippen LogP contribution in [0.3, 0.4) is 0 Å². The summed E-state index contributed by atoms with van der Waals surface area (Å²) in [6, 6.07) is 6.45. The molecule has 0 spiro atoms. The summed E-state index contributed by atoms with van der Waals surface area (Å²) in [7, 11) is 0. The first kappa shape index (κ1) is 14.4. The zero-order valence-corrected chi connectivity index (χ0v) is 11.4. The highest BCUT2D eigenvalue weighted by atomic mass is 16.4. The molecule has 0 fully saturated rings. The summed E-state index contributed by atoms with van der Waals surface area (Å²) >= 11 is 0. The first-order chi connectivity index (χ1) is 10.1. The number of carbonyl (C=O) groups is 2. The molecule has 7 heteroatoms. The van der Waals surface area contributed by atoms with E-state index < -0.39 is 18.5 Å². The van der Waals surface area contributed by atoms with Gasteiger partial charge in [0, 0.05) is 5.69 Å². The summed E-state index contributed by atoms with van der Waals surface area (Å²) in [5.74, 6) is -1.10. The van der Waals surface area contributed by atoms with E-state index in [2.05, 4.69) is 15.3 Å². The molecule has 0 bridgehead atoms. The molecule has 1 aromatic heterocycles. The Balaban J connectivity index is 2.21. The van der Waals surface area contributed by atoms with E-state index in [4.69, 9.17) is 5.11 Å². The van der Waals surface area contributed by atoms with Gasteiger partial charge in [-0.1, -0.05) is 17.7 Å². The number of nitrogens with one attached hydrogen (secondary N) is 1. The molecule has 108 valence electrons. The van der Waals surface area contributed by atoms with Gasteiger partial charge in [0.15, 0.2) is 0 Å². The van der Waals surface area contributed by atoms with Crippen molar-refractivity contribution in [2.75, 3.05) is 16.8 Å². The van der Waals surface area contributed by atoms with Crippen molar-refractivity contribution in [1.29, 1.82) is 0 Å². The number of aromatic nitrogens is 2. The summed E-state index contributed by atoms with van der Waals surface area (Å²) in [4.78, 5) is 31.9. The third-order valence-electron chi connectivity index (χ3n) is 2.70. The van der Waals surface area contributed by atoms with Crippen LogP contribution in [0.1, 0.15) is 5.56 Å². The fourth-order valence-electron chi connectivity index (χ4n) is 1.69. The molecule has 21 heavy (non-hydrogen) atoms. The highest BCUT2D eigenvalue weighted by Gasteiger charge is 2.19. The van der Waals surface area contributed by atoms with Crippen LogP contribution in [0, 0.1) is 6.92 Å². The number of anilines is 2. The molecule has 0 unspecified atom stereocenters. The molecule has 2 N–H and O–H groups in total. The van der Waals surface area contributed by atoms with Gasteiger partial charge in [-0.25, -0.2) is 14.8 Å². The van der Waals surface area contributed by atoms with Gasteiger partial charge < -0.3 is 10.4 Å². The van der Waals surface area contributed by atoms with Gasteiger partial charge in [0.1, 0.15) is 12.9 Å². The van der Waals surface area contributed by atoms with Crippen LogP contribution in [0.4, 0.5) is 16.2 Å². The van der Waals surface area contributed by atoms with E-state index in [-0.39, 0.29) is 0 Å². The first-order valence-corrected chi connectivity index (χ1v) is 6.18. The van der Waals surface area contributed by atoms with Crippen LogP contribution in [0.2, 0.25) is 0 Å². The maximum absolute atomic E-state index is 12.2. The van der Waals surface area contributed by atoms with Crippen molar-refractivity contribution < 1.29 is 14.7 Å². The number of rotatable bonds is 4. The average molecular weight is 286 g/mol. The Morgan fingerprint density at radius 3 is 2.38 bits per heavy atom. The molecule has 0 aliphatic carbocycles. The molecule has 2 rings (SSSR count). The molecule has 1 heterocycles. The molecule has 0 aliphatic rings. The van der Waals surface area contributed by atoms with Gasteiger partial charge in [-0.3, -0.25) is 9.69 Å². The van der Waals surface area contributed by atoms with Crippen LogP contribution >= 0.6 is 0 Å². The molecule has 0 saturated heterocycles. The van der Waals surface area contributed by atoms with Gasteiger partial charge >= 0.3 is 12.0 Å². The highest BCUT2D eigenvalue weighted by molar-refractivity contribution is 6.04. The lowest BCUT2D eigenvalue weighted by molar-refractivity contribution is -0.135. The number of carboxylic acid groups (broad SMARTS) is 1. The van der Waals surface area contributed by atoms with Gasteiger partial charge in [0.2, 0.25) is 0 Å². The smallest absolute Gasteiger partial charge is 0.326 e. The van der Waals surface area contributed by atoms with Gasteiger partial charge in [-0.15, -0.1) is 0 Å². The number of amides is 2. The number of hydrogen-bond acceptors (Lipinski definition) is 4. The molecular weight excluding hydrogens is 272 g/mol. The third kappa shape index (κ3) is 4.00. The van der Waals surface area contributed by atoms with E-state index in [0.717, 1.165) is 10.5 Å². The predicted molar refractivity (Wildman–Crippen MR) is 77.2 cm³/mol. The lowest BCUT2D eigenvalue weighted by Gasteiger charge is -2.21. The molecule has 0 aliphatic heterocycles. The van der Waals surface area contributed by atoms with Gasteiger partial charge in [-0.05, 0) is 19.1 Å². The summed E-state index contributed by atoms with van der Waals surface area (Å²) < 4.78 is 0. The van der Waals surface area contributed by atoms with Crippen LogP contribution in [0.25, 0.3) is 0 Å². The lowest BCUT2D eigenvalue weighted by atomic mass is 10.2. The monoisotopic (exact) mass is 286 g/mol. The van der Waals surface area contributed by atoms with E-state index in [1.165, 1.54) is 18.7 Å². The Bertz CT molecular complexity index is 628. The fourth-order valence-corrected chi connectivity index (χ4v) is 1.69. The van der Waals surface area contributed by atoms with Gasteiger partial charge in [-0.2, -0.15) is 0 Å². The zero-order valence-electron chi connectivity index (χ0n) is 11.4. The number of benzene rings is 1. The van der Waals surface area contributed by atoms with Crippen molar-refractivity contribution in [2.45, 2.75) is 6.92 Å². The molecule has 1 aromatic carbocycles. The lowest BCUT2D eigenvalue weighted by Crippen LogP contribution is -2.38. The first-order valence-electron chi connectivity index (χ1n) is 6.18. The normalized spacial score (nSPS) is 9.95. The molecule has 0 atom stereocenters. The Kier molecular flexibility index (Phi) is 4.45. The van der Waals surface area contributed by atoms with Crippen LogP contribution < -0.4 is 10.2 Å². The predicted octanol–water partition coefficient (Wildman–Crippen LogP) is 1.91. The minimum atomic E-state index is -1.10. The second-order valence-electron chi connectivity index (χ2n) is 4.37. The second-order valence-corrected chi connectivity index (χ2v) is 4.37. The quantitative estimate of drug-likeness (QED) is 0.895. The number of nitrogens with zero attached hydrogens (tertiary/aromatic N) is 3. The molecule has 2 aromatic rings. The van der Waals surface area contributed by atoms with E-state index >= 15 is 0 Å². The Labute approximate surface area is 121 Å². The van der Waals surface area contributed by atoms with Crippen LogP contribution in [0.15, 0.2) is 43.0 Å². The van der Waals surface area contributed by atoms with E-state index in [9.17, 15) is 9.59 Å². The van der Waals surface area contributed by atoms with Crippen molar-refractivity contribution in [3.8, 4) is 0 Å². The van der Waals surface area contributed by atoms with Crippen molar-refractivity contribution in [2.24, 2.45) is 0 Å². The molecule has 2 amide bonds. The maximum atomic E-state index is 12.2. The number of carboxylic acids is 1. The minimum Gasteiger partial charge on any atom is -0.480 e. The SMILES string of the molecule is Cc1ccc(N(CC(=O)O)C(=O)Nc2cncnc2)cc1. The van der Waals surface area contributed by atoms with E-state index in [1.807, 2.05) is 19.1 Å². The Hall–Kier alpha value is -2.96. The Morgan fingerprint density at radius 1 is 1.19 bits per heavy atom. The van der Waals surface area contributed by atoms with Crippen LogP contribution in [0.5, 0.6) is 0 Å². The maximum Gasteiger partial charge on any atom is 0.326 e. The zero-order chi connectivity index (χ0) is 15.2. The number of hydrogen-bond donors (Lipinski definition) is 2. The molecule has 7 nitrogen and oxygen atoms in total. The molecule has 0 radical (unpaired) electrons. The van der Waals surface area contributed by atoms with Crippen molar-refractivity contribution in [3.63, 3.8) is 0 Å². The van der Waals surface area contributed by atoms with Crippen LogP contribution in [-0.2, 0) is 4.79 Å². The van der Waals surface area contributed by atoms with Crippen LogP contribution in [-0.4, -0.2) is 33.6 Å². The standard InChI is InChI=1S/C14H14N4O3/c1-10-2-4-12(5-3-10)18(8-13(19)20)14(21)17-11-6-15-9-16-7-11/h2-7,9H,8H2,1H3,(H,17,21)(H,19,20). The topological polar surface area (TPSA) is 95.4 Å². The largest absolute Gasteiger partial charge is 0.480 e. The Morgan fingerprint density at radius 2 is 1.81 bits per heavy atom. The average Bonchev–Trinajstić information content (AvgIpc) is 2.46. The minimum absolute atomic E-state index is 0.394. The summed E-state index contributed by atoms with van der Waals surface area (Å²) in [5.41, 5.74) is 1.91. The second kappa shape index (κ2) is 6.47. The fraction of sp³-hybridized carbons (Fsp3) is 0.143.